The lowest BCUT2D eigenvalue weighted by molar-refractivity contribution is -0.138. The van der Waals surface area contributed by atoms with Crippen LogP contribution >= 0.6 is 0 Å². The van der Waals surface area contributed by atoms with E-state index in [0.717, 1.165) is 5.56 Å². The fourth-order valence-corrected chi connectivity index (χ4v) is 2.94. The summed E-state index contributed by atoms with van der Waals surface area (Å²) < 4.78 is 16.1. The lowest BCUT2D eigenvalue weighted by Gasteiger charge is -2.19. The molecule has 2 heterocycles. The zero-order valence-electron chi connectivity index (χ0n) is 13.5. The summed E-state index contributed by atoms with van der Waals surface area (Å²) in [7, 11) is 0. The van der Waals surface area contributed by atoms with Gasteiger partial charge in [-0.05, 0) is 31.5 Å². The molecule has 2 unspecified atom stereocenters. The smallest absolute Gasteiger partial charge is 0.338 e. The zero-order valence-corrected chi connectivity index (χ0v) is 13.5. The minimum atomic E-state index is -0.849. The number of benzene rings is 1. The highest BCUT2D eigenvalue weighted by atomic mass is 16.5. The summed E-state index contributed by atoms with van der Waals surface area (Å²) in [6.45, 7) is 3.68. The van der Waals surface area contributed by atoms with Crippen LogP contribution in [0.3, 0.4) is 0 Å². The molecule has 0 bridgehead atoms. The number of hydrogen-bond donors (Lipinski definition) is 0. The van der Waals surface area contributed by atoms with Crippen molar-refractivity contribution in [2.75, 3.05) is 6.61 Å². The molecule has 0 fully saturated rings. The minimum Gasteiger partial charge on any atom is -0.485 e. The molecule has 1 aliphatic rings. The number of Topliss-reactive ketones (excluding diaryl/α,β-unsaturated/α-hetero) is 1. The molecule has 3 rings (SSSR count). The first kappa shape index (κ1) is 16.1. The summed E-state index contributed by atoms with van der Waals surface area (Å²) in [5, 5.41) is 0. The average Bonchev–Trinajstić information content (AvgIpc) is 3.23. The summed E-state index contributed by atoms with van der Waals surface area (Å²) in [6.07, 6.45) is 0.588. The Balaban J connectivity index is 2.02. The monoisotopic (exact) mass is 326 g/mol. The lowest BCUT2D eigenvalue weighted by Crippen LogP contribution is -2.28. The topological polar surface area (TPSA) is 65.7 Å². The molecule has 5 heteroatoms. The number of rotatable bonds is 5. The Kier molecular flexibility index (Phi) is 4.51. The van der Waals surface area contributed by atoms with Crippen LogP contribution in [0.5, 0.6) is 0 Å². The number of furan rings is 1. The van der Waals surface area contributed by atoms with Crippen molar-refractivity contribution in [1.82, 2.24) is 0 Å². The van der Waals surface area contributed by atoms with Crippen LogP contribution < -0.4 is 0 Å². The van der Waals surface area contributed by atoms with Gasteiger partial charge in [0, 0.05) is 0 Å². The Morgan fingerprint density at radius 2 is 1.88 bits per heavy atom. The highest BCUT2D eigenvalue weighted by Crippen LogP contribution is 2.41. The van der Waals surface area contributed by atoms with Gasteiger partial charge in [-0.2, -0.15) is 0 Å². The van der Waals surface area contributed by atoms with Gasteiger partial charge in [0.2, 0.25) is 5.78 Å². The van der Waals surface area contributed by atoms with Gasteiger partial charge in [-0.1, -0.05) is 30.3 Å². The molecule has 0 aliphatic carbocycles. The number of ketones is 1. The molecular formula is C19H18O5. The van der Waals surface area contributed by atoms with Gasteiger partial charge in [0.25, 0.3) is 0 Å². The number of carbonyl (C=O) groups is 2. The van der Waals surface area contributed by atoms with E-state index in [1.165, 1.54) is 6.26 Å². The Bertz CT molecular complexity index is 758. The summed E-state index contributed by atoms with van der Waals surface area (Å²) >= 11 is 0. The molecule has 1 aliphatic heterocycles. The largest absolute Gasteiger partial charge is 0.485 e. The number of ether oxygens (including phenoxy) is 2. The van der Waals surface area contributed by atoms with Crippen molar-refractivity contribution < 1.29 is 23.5 Å². The summed E-state index contributed by atoms with van der Waals surface area (Å²) in [5.74, 6) is -0.667. The van der Waals surface area contributed by atoms with Crippen molar-refractivity contribution in [1.29, 1.82) is 0 Å². The molecule has 24 heavy (non-hydrogen) atoms. The highest BCUT2D eigenvalue weighted by Gasteiger charge is 2.45. The SMILES string of the molecule is CCOC(=O)C1=C(C)OC(C(=O)c2ccco2)C1c1ccccc1. The molecule has 2 atom stereocenters. The maximum absolute atomic E-state index is 12.8. The Morgan fingerprint density at radius 1 is 1.12 bits per heavy atom. The fourth-order valence-electron chi connectivity index (χ4n) is 2.94. The van der Waals surface area contributed by atoms with E-state index in [1.54, 1.807) is 26.0 Å². The summed E-state index contributed by atoms with van der Waals surface area (Å²) in [6, 6.07) is 12.6. The normalized spacial score (nSPS) is 19.9. The van der Waals surface area contributed by atoms with Crippen molar-refractivity contribution in [2.45, 2.75) is 25.9 Å². The van der Waals surface area contributed by atoms with Crippen LogP contribution in [0.2, 0.25) is 0 Å². The van der Waals surface area contributed by atoms with Crippen molar-refractivity contribution in [3.8, 4) is 0 Å². The van der Waals surface area contributed by atoms with E-state index in [9.17, 15) is 9.59 Å². The van der Waals surface area contributed by atoms with E-state index in [2.05, 4.69) is 0 Å². The van der Waals surface area contributed by atoms with Gasteiger partial charge in [-0.3, -0.25) is 4.79 Å². The van der Waals surface area contributed by atoms with E-state index in [0.29, 0.717) is 11.3 Å². The van der Waals surface area contributed by atoms with Crippen LogP contribution in [0.4, 0.5) is 0 Å². The standard InChI is InChI=1S/C19H18O5/c1-3-22-19(21)15-12(2)24-18(17(20)14-10-7-11-23-14)16(15)13-8-5-4-6-9-13/h4-11,16,18H,3H2,1-2H3. The third kappa shape index (κ3) is 2.85. The van der Waals surface area contributed by atoms with Crippen LogP contribution in [-0.2, 0) is 14.3 Å². The first-order chi connectivity index (χ1) is 11.6. The van der Waals surface area contributed by atoms with Gasteiger partial charge in [-0.15, -0.1) is 0 Å². The maximum Gasteiger partial charge on any atom is 0.338 e. The van der Waals surface area contributed by atoms with Gasteiger partial charge < -0.3 is 13.9 Å². The minimum absolute atomic E-state index is 0.207. The number of allylic oxidation sites excluding steroid dienone is 1. The van der Waals surface area contributed by atoms with E-state index >= 15 is 0 Å². The predicted octanol–water partition coefficient (Wildman–Crippen LogP) is 3.48. The average molecular weight is 326 g/mol. The second-order valence-corrected chi connectivity index (χ2v) is 5.46. The van der Waals surface area contributed by atoms with Gasteiger partial charge in [0.1, 0.15) is 5.76 Å². The van der Waals surface area contributed by atoms with Gasteiger partial charge in [0.15, 0.2) is 11.9 Å². The second kappa shape index (κ2) is 6.74. The highest BCUT2D eigenvalue weighted by molar-refractivity contribution is 6.01. The van der Waals surface area contributed by atoms with E-state index in [1.807, 2.05) is 30.3 Å². The number of carbonyl (C=O) groups excluding carboxylic acids is 2. The maximum atomic E-state index is 12.8. The quantitative estimate of drug-likeness (QED) is 0.621. The Labute approximate surface area is 139 Å². The second-order valence-electron chi connectivity index (χ2n) is 5.46. The molecule has 0 spiro atoms. The van der Waals surface area contributed by atoms with Crippen molar-refractivity contribution in [3.05, 3.63) is 71.4 Å². The van der Waals surface area contributed by atoms with Crippen molar-refractivity contribution in [3.63, 3.8) is 0 Å². The molecule has 0 saturated heterocycles. The Hall–Kier alpha value is -2.82. The molecule has 1 aromatic heterocycles. The van der Waals surface area contributed by atoms with Crippen LogP contribution in [0, 0.1) is 0 Å². The van der Waals surface area contributed by atoms with Crippen molar-refractivity contribution in [2.24, 2.45) is 0 Å². The zero-order chi connectivity index (χ0) is 17.1. The van der Waals surface area contributed by atoms with Crippen molar-refractivity contribution >= 4 is 11.8 Å². The third-order valence-electron chi connectivity index (χ3n) is 3.97. The van der Waals surface area contributed by atoms with Crippen LogP contribution in [0.15, 0.2) is 64.5 Å². The van der Waals surface area contributed by atoms with E-state index in [4.69, 9.17) is 13.9 Å². The van der Waals surface area contributed by atoms with Gasteiger partial charge in [-0.25, -0.2) is 4.79 Å². The van der Waals surface area contributed by atoms with Gasteiger partial charge >= 0.3 is 5.97 Å². The molecule has 0 N–H and O–H groups in total. The predicted molar refractivity (Wildman–Crippen MR) is 86.4 cm³/mol. The molecule has 0 saturated carbocycles. The van der Waals surface area contributed by atoms with Crippen LogP contribution in [-0.4, -0.2) is 24.5 Å². The number of hydrogen-bond acceptors (Lipinski definition) is 5. The third-order valence-corrected chi connectivity index (χ3v) is 3.97. The molecule has 0 radical (unpaired) electrons. The van der Waals surface area contributed by atoms with E-state index < -0.39 is 18.0 Å². The summed E-state index contributed by atoms with van der Waals surface area (Å²) in [4.78, 5) is 25.2. The van der Waals surface area contributed by atoms with Crippen LogP contribution in [0.1, 0.15) is 35.9 Å². The molecule has 2 aromatic rings. The lowest BCUT2D eigenvalue weighted by atomic mass is 9.85. The molecule has 5 nitrogen and oxygen atoms in total. The molecule has 124 valence electrons. The molecule has 0 amide bonds. The van der Waals surface area contributed by atoms with Gasteiger partial charge in [0.05, 0.1) is 24.4 Å². The van der Waals surface area contributed by atoms with E-state index in [-0.39, 0.29) is 18.2 Å². The number of esters is 1. The molecular weight excluding hydrogens is 308 g/mol. The fraction of sp³-hybridized carbons (Fsp3) is 0.263. The molecule has 1 aromatic carbocycles. The van der Waals surface area contributed by atoms with Crippen LogP contribution in [0.25, 0.3) is 0 Å². The summed E-state index contributed by atoms with van der Waals surface area (Å²) in [5.41, 5.74) is 1.20. The Morgan fingerprint density at radius 3 is 2.50 bits per heavy atom. The first-order valence-electron chi connectivity index (χ1n) is 7.80. The first-order valence-corrected chi connectivity index (χ1v) is 7.80.